The van der Waals surface area contributed by atoms with E-state index in [-0.39, 0.29) is 17.3 Å². The summed E-state index contributed by atoms with van der Waals surface area (Å²) in [5.74, 6) is 0.195. The maximum Gasteiger partial charge on any atom is 0.230 e. The molecule has 24 heavy (non-hydrogen) atoms. The lowest BCUT2D eigenvalue weighted by Crippen LogP contribution is -1.96. The Kier molecular flexibility index (Phi) is 4.58. The number of rotatable bonds is 4. The highest BCUT2D eigenvalue weighted by Gasteiger charge is 2.12. The average molecular weight is 342 g/mol. The summed E-state index contributed by atoms with van der Waals surface area (Å²) < 4.78 is 19.5. The van der Waals surface area contributed by atoms with E-state index in [0.717, 1.165) is 0 Å². The van der Waals surface area contributed by atoms with Gasteiger partial charge in [0.25, 0.3) is 0 Å². The largest absolute Gasteiger partial charge is 0.437 e. The second kappa shape index (κ2) is 6.81. The van der Waals surface area contributed by atoms with Gasteiger partial charge >= 0.3 is 0 Å². The van der Waals surface area contributed by atoms with Crippen molar-refractivity contribution in [3.05, 3.63) is 76.6 Å². The minimum Gasteiger partial charge on any atom is -0.437 e. The molecule has 1 aromatic heterocycles. The molecule has 0 aliphatic rings. The van der Waals surface area contributed by atoms with Crippen molar-refractivity contribution in [3.63, 3.8) is 0 Å². The van der Waals surface area contributed by atoms with Crippen LogP contribution in [-0.4, -0.2) is 11.3 Å². The van der Waals surface area contributed by atoms with Crippen LogP contribution in [0.2, 0.25) is 5.02 Å². The van der Waals surface area contributed by atoms with Crippen LogP contribution < -0.4 is 4.74 Å². The Morgan fingerprint density at radius 1 is 1.12 bits per heavy atom. The number of aldehydes is 1. The maximum atomic E-state index is 13.8. The molecule has 3 rings (SSSR count). The number of hydrogen-bond donors (Lipinski definition) is 0. The van der Waals surface area contributed by atoms with Gasteiger partial charge in [-0.25, -0.2) is 9.37 Å². The zero-order valence-electron chi connectivity index (χ0n) is 12.8. The lowest BCUT2D eigenvalue weighted by atomic mass is 10.1. The average Bonchev–Trinajstić information content (AvgIpc) is 2.59. The highest BCUT2D eigenvalue weighted by atomic mass is 35.5. The Hall–Kier alpha value is -2.72. The molecular formula is C19H13ClFNO2. The third-order valence-corrected chi connectivity index (χ3v) is 3.84. The minimum absolute atomic E-state index is 0.122. The van der Waals surface area contributed by atoms with Crippen LogP contribution in [0.15, 0.2) is 54.6 Å². The summed E-state index contributed by atoms with van der Waals surface area (Å²) in [5, 5.41) is 0.405. The molecule has 0 aliphatic heterocycles. The number of carbonyl (C=O) groups excluding carboxylic acids is 1. The summed E-state index contributed by atoms with van der Waals surface area (Å²) >= 11 is 6.07. The van der Waals surface area contributed by atoms with Crippen LogP contribution in [0.3, 0.4) is 0 Å². The van der Waals surface area contributed by atoms with Gasteiger partial charge in [-0.1, -0.05) is 35.9 Å². The van der Waals surface area contributed by atoms with Gasteiger partial charge in [0, 0.05) is 5.56 Å². The van der Waals surface area contributed by atoms with E-state index in [4.69, 9.17) is 16.3 Å². The van der Waals surface area contributed by atoms with Crippen LogP contribution in [0.5, 0.6) is 11.6 Å². The van der Waals surface area contributed by atoms with Gasteiger partial charge < -0.3 is 4.74 Å². The number of para-hydroxylation sites is 1. The SMILES string of the molecule is Cc1ccc(-c2ccc(C=O)c(Oc3ccccc3Cl)n2)cc1F. The fourth-order valence-corrected chi connectivity index (χ4v) is 2.34. The minimum atomic E-state index is -0.317. The van der Waals surface area contributed by atoms with Crippen LogP contribution in [0.25, 0.3) is 11.3 Å². The van der Waals surface area contributed by atoms with E-state index in [1.165, 1.54) is 6.07 Å². The van der Waals surface area contributed by atoms with Crippen molar-refractivity contribution < 1.29 is 13.9 Å². The van der Waals surface area contributed by atoms with Crippen molar-refractivity contribution in [1.29, 1.82) is 0 Å². The van der Waals surface area contributed by atoms with E-state index in [1.807, 2.05) is 0 Å². The molecule has 0 radical (unpaired) electrons. The molecule has 1 heterocycles. The molecular weight excluding hydrogens is 329 g/mol. The third kappa shape index (κ3) is 3.29. The zero-order chi connectivity index (χ0) is 17.1. The molecule has 120 valence electrons. The van der Waals surface area contributed by atoms with Crippen molar-refractivity contribution in [2.75, 3.05) is 0 Å². The van der Waals surface area contributed by atoms with Crippen molar-refractivity contribution >= 4 is 17.9 Å². The smallest absolute Gasteiger partial charge is 0.230 e. The Bertz CT molecular complexity index is 912. The Balaban J connectivity index is 2.03. The van der Waals surface area contributed by atoms with Crippen LogP contribution in [0, 0.1) is 12.7 Å². The van der Waals surface area contributed by atoms with E-state index in [2.05, 4.69) is 4.98 Å². The molecule has 0 bridgehead atoms. The van der Waals surface area contributed by atoms with Crippen molar-refractivity contribution in [1.82, 2.24) is 4.98 Å². The first-order valence-corrected chi connectivity index (χ1v) is 7.61. The van der Waals surface area contributed by atoms with Crippen molar-refractivity contribution in [2.45, 2.75) is 6.92 Å². The quantitative estimate of drug-likeness (QED) is 0.592. The van der Waals surface area contributed by atoms with Crippen molar-refractivity contribution in [2.24, 2.45) is 0 Å². The molecule has 3 aromatic rings. The molecule has 0 amide bonds. The number of halogens is 2. The number of pyridine rings is 1. The van der Waals surface area contributed by atoms with Gasteiger partial charge in [0.2, 0.25) is 5.88 Å². The van der Waals surface area contributed by atoms with Crippen LogP contribution in [-0.2, 0) is 0 Å². The fraction of sp³-hybridized carbons (Fsp3) is 0.0526. The number of ether oxygens (including phenoxy) is 1. The van der Waals surface area contributed by atoms with Gasteiger partial charge in [-0.15, -0.1) is 0 Å². The van der Waals surface area contributed by atoms with E-state index in [0.29, 0.717) is 33.9 Å². The summed E-state index contributed by atoms with van der Waals surface area (Å²) in [6, 6.07) is 15.0. The summed E-state index contributed by atoms with van der Waals surface area (Å²) in [5.41, 5.74) is 1.93. The topological polar surface area (TPSA) is 39.2 Å². The number of carbonyl (C=O) groups is 1. The molecule has 5 heteroatoms. The van der Waals surface area contributed by atoms with Gasteiger partial charge in [-0.2, -0.15) is 0 Å². The summed E-state index contributed by atoms with van der Waals surface area (Å²) in [6.45, 7) is 1.69. The normalized spacial score (nSPS) is 10.5. The number of nitrogens with zero attached hydrogens (tertiary/aromatic N) is 1. The summed E-state index contributed by atoms with van der Waals surface area (Å²) in [6.07, 6.45) is 0.651. The Morgan fingerprint density at radius 2 is 1.92 bits per heavy atom. The van der Waals surface area contributed by atoms with Crippen LogP contribution in [0.4, 0.5) is 4.39 Å². The number of aryl methyl sites for hydroxylation is 1. The number of benzene rings is 2. The molecule has 3 nitrogen and oxygen atoms in total. The second-order valence-electron chi connectivity index (χ2n) is 5.21. The van der Waals surface area contributed by atoms with Gasteiger partial charge in [0.1, 0.15) is 11.6 Å². The van der Waals surface area contributed by atoms with E-state index >= 15 is 0 Å². The molecule has 0 fully saturated rings. The Morgan fingerprint density at radius 3 is 2.62 bits per heavy atom. The van der Waals surface area contributed by atoms with Gasteiger partial charge in [-0.05, 0) is 42.8 Å². The standard InChI is InChI=1S/C19H13ClFNO2/c1-12-6-7-13(10-16(12)21)17-9-8-14(11-23)19(22-17)24-18-5-3-2-4-15(18)20/h2-11H,1H3. The predicted molar refractivity (Wildman–Crippen MR) is 91.3 cm³/mol. The summed E-state index contributed by atoms with van der Waals surface area (Å²) in [7, 11) is 0. The monoisotopic (exact) mass is 341 g/mol. The molecule has 0 aliphatic carbocycles. The molecule has 0 saturated carbocycles. The highest BCUT2D eigenvalue weighted by molar-refractivity contribution is 6.32. The third-order valence-electron chi connectivity index (χ3n) is 3.53. The lowest BCUT2D eigenvalue weighted by molar-refractivity contribution is 0.112. The molecule has 2 aromatic carbocycles. The molecule has 0 spiro atoms. The predicted octanol–water partition coefficient (Wildman–Crippen LogP) is 5.45. The number of aromatic nitrogens is 1. The first-order chi connectivity index (χ1) is 11.6. The van der Waals surface area contributed by atoms with E-state index in [9.17, 15) is 9.18 Å². The van der Waals surface area contributed by atoms with Crippen molar-refractivity contribution in [3.8, 4) is 22.9 Å². The van der Waals surface area contributed by atoms with Gasteiger partial charge in [0.05, 0.1) is 16.3 Å². The van der Waals surface area contributed by atoms with E-state index < -0.39 is 0 Å². The summed E-state index contributed by atoms with van der Waals surface area (Å²) in [4.78, 5) is 15.6. The first-order valence-electron chi connectivity index (χ1n) is 7.23. The fourth-order valence-electron chi connectivity index (χ4n) is 2.17. The first kappa shape index (κ1) is 16.1. The second-order valence-corrected chi connectivity index (χ2v) is 5.61. The van der Waals surface area contributed by atoms with Gasteiger partial charge in [0.15, 0.2) is 6.29 Å². The molecule has 0 unspecified atom stereocenters. The van der Waals surface area contributed by atoms with Crippen LogP contribution >= 0.6 is 11.6 Å². The molecule has 0 saturated heterocycles. The van der Waals surface area contributed by atoms with Gasteiger partial charge in [-0.3, -0.25) is 4.79 Å². The molecule has 0 N–H and O–H groups in total. The van der Waals surface area contributed by atoms with Crippen LogP contribution in [0.1, 0.15) is 15.9 Å². The Labute approximate surface area is 143 Å². The number of hydrogen-bond acceptors (Lipinski definition) is 3. The molecule has 0 atom stereocenters. The highest BCUT2D eigenvalue weighted by Crippen LogP contribution is 2.31. The van der Waals surface area contributed by atoms with E-state index in [1.54, 1.807) is 55.5 Å². The lowest BCUT2D eigenvalue weighted by Gasteiger charge is -2.10. The zero-order valence-corrected chi connectivity index (χ0v) is 13.5. The maximum absolute atomic E-state index is 13.8.